The van der Waals surface area contributed by atoms with Crippen molar-refractivity contribution < 1.29 is 23.9 Å². The topological polar surface area (TPSA) is 102 Å². The summed E-state index contributed by atoms with van der Waals surface area (Å²) >= 11 is 0. The number of hydrogen-bond donors (Lipinski definition) is 0. The maximum Gasteiger partial charge on any atom is 0.331 e. The molecule has 25 heavy (non-hydrogen) atoms. The van der Waals surface area contributed by atoms with Crippen LogP contribution >= 0.6 is 0 Å². The largest absolute Gasteiger partial charge is 0.463 e. The summed E-state index contributed by atoms with van der Waals surface area (Å²) in [5.74, 6) is -1.06. The molecule has 0 N–H and O–H groups in total. The van der Waals surface area contributed by atoms with Crippen LogP contribution in [-0.2, 0) is 23.9 Å². The molecule has 1 aliphatic heterocycles. The molecule has 134 valence electrons. The minimum Gasteiger partial charge on any atom is -0.463 e. The summed E-state index contributed by atoms with van der Waals surface area (Å²) in [6, 6.07) is 1.74. The lowest BCUT2D eigenvalue weighted by Crippen LogP contribution is -2.50. The van der Waals surface area contributed by atoms with Gasteiger partial charge in [-0.3, -0.25) is 4.79 Å². The molecule has 2 rings (SSSR count). The number of esters is 2. The van der Waals surface area contributed by atoms with Gasteiger partial charge < -0.3 is 19.3 Å². The van der Waals surface area contributed by atoms with E-state index in [0.29, 0.717) is 32.1 Å². The predicted octanol–water partition coefficient (Wildman–Crippen LogP) is -0.212. The van der Waals surface area contributed by atoms with E-state index >= 15 is 0 Å². The summed E-state index contributed by atoms with van der Waals surface area (Å²) in [4.78, 5) is 46.6. The summed E-state index contributed by atoms with van der Waals surface area (Å²) < 4.78 is 9.47. The third-order valence-corrected chi connectivity index (χ3v) is 3.45. The lowest BCUT2D eigenvalue weighted by atomic mass is 10.3. The Hall–Kier alpha value is -2.97. The molecule has 1 aromatic heterocycles. The highest BCUT2D eigenvalue weighted by Gasteiger charge is 2.22. The van der Waals surface area contributed by atoms with Gasteiger partial charge in [-0.05, 0) is 13.0 Å². The molecule has 1 saturated heterocycles. The summed E-state index contributed by atoms with van der Waals surface area (Å²) in [5, 5.41) is 0. The Labute approximate surface area is 145 Å². The van der Waals surface area contributed by atoms with E-state index in [1.807, 2.05) is 4.90 Å². The maximum absolute atomic E-state index is 12.1. The molecule has 0 radical (unpaired) electrons. The Bertz CT molecular complexity index is 627. The molecule has 0 saturated carbocycles. The number of piperazine rings is 1. The second kappa shape index (κ2) is 9.36. The average molecular weight is 348 g/mol. The third-order valence-electron chi connectivity index (χ3n) is 3.45. The Morgan fingerprint density at radius 2 is 1.64 bits per heavy atom. The molecule has 0 spiro atoms. The van der Waals surface area contributed by atoms with E-state index in [9.17, 15) is 14.4 Å². The van der Waals surface area contributed by atoms with Crippen LogP contribution in [0, 0.1) is 0 Å². The van der Waals surface area contributed by atoms with Gasteiger partial charge in [-0.25, -0.2) is 19.6 Å². The van der Waals surface area contributed by atoms with Gasteiger partial charge in [-0.1, -0.05) is 0 Å². The van der Waals surface area contributed by atoms with Gasteiger partial charge in [-0.15, -0.1) is 0 Å². The molecule has 9 nitrogen and oxygen atoms in total. The molecule has 9 heteroatoms. The van der Waals surface area contributed by atoms with Crippen LogP contribution in [0.5, 0.6) is 0 Å². The van der Waals surface area contributed by atoms with Crippen LogP contribution in [0.4, 0.5) is 5.95 Å². The normalized spacial score (nSPS) is 14.4. The number of carbonyl (C=O) groups is 3. The van der Waals surface area contributed by atoms with E-state index in [1.165, 1.54) is 0 Å². The van der Waals surface area contributed by atoms with Crippen LogP contribution in [0.1, 0.15) is 6.92 Å². The molecule has 1 aromatic rings. The summed E-state index contributed by atoms with van der Waals surface area (Å²) in [5.41, 5.74) is 0. The zero-order chi connectivity index (χ0) is 18.1. The molecule has 2 heterocycles. The van der Waals surface area contributed by atoms with Gasteiger partial charge in [-0.2, -0.15) is 0 Å². The minimum absolute atomic E-state index is 0.219. The summed E-state index contributed by atoms with van der Waals surface area (Å²) in [6.45, 7) is 3.70. The van der Waals surface area contributed by atoms with Gasteiger partial charge in [0.2, 0.25) is 5.95 Å². The van der Waals surface area contributed by atoms with Crippen molar-refractivity contribution in [2.45, 2.75) is 6.92 Å². The van der Waals surface area contributed by atoms with Gasteiger partial charge in [0.25, 0.3) is 5.91 Å². The first-order valence-electron chi connectivity index (χ1n) is 7.91. The van der Waals surface area contributed by atoms with Crippen LogP contribution < -0.4 is 4.90 Å². The fourth-order valence-electron chi connectivity index (χ4n) is 2.21. The van der Waals surface area contributed by atoms with Crippen molar-refractivity contribution in [2.24, 2.45) is 0 Å². The number of rotatable bonds is 6. The van der Waals surface area contributed by atoms with Crippen molar-refractivity contribution in [3.63, 3.8) is 0 Å². The monoisotopic (exact) mass is 348 g/mol. The zero-order valence-electron chi connectivity index (χ0n) is 14.0. The van der Waals surface area contributed by atoms with Gasteiger partial charge in [0, 0.05) is 50.7 Å². The average Bonchev–Trinajstić information content (AvgIpc) is 2.65. The highest BCUT2D eigenvalue weighted by atomic mass is 16.5. The zero-order valence-corrected chi connectivity index (χ0v) is 14.0. The van der Waals surface area contributed by atoms with Gasteiger partial charge >= 0.3 is 11.9 Å². The second-order valence-electron chi connectivity index (χ2n) is 5.11. The van der Waals surface area contributed by atoms with E-state index in [-0.39, 0.29) is 19.1 Å². The summed E-state index contributed by atoms with van der Waals surface area (Å²) in [7, 11) is 0. The highest BCUT2D eigenvalue weighted by Crippen LogP contribution is 2.09. The fourth-order valence-corrected chi connectivity index (χ4v) is 2.21. The number of amides is 1. The van der Waals surface area contributed by atoms with Crippen LogP contribution in [0.15, 0.2) is 30.6 Å². The number of ether oxygens (including phenoxy) is 2. The van der Waals surface area contributed by atoms with Crippen LogP contribution in [0.25, 0.3) is 0 Å². The first-order valence-corrected chi connectivity index (χ1v) is 7.91. The standard InChI is InChI=1S/C16H20N4O5/c1-2-24-14(22)4-5-15(23)25-12-13(21)19-8-10-20(11-9-19)16-17-6-3-7-18-16/h3-7H,2,8-12H2,1H3/b5-4+. The lowest BCUT2D eigenvalue weighted by molar-refractivity contribution is -0.148. The van der Waals surface area contributed by atoms with Crippen molar-refractivity contribution in [3.8, 4) is 0 Å². The molecule has 0 atom stereocenters. The summed E-state index contributed by atoms with van der Waals surface area (Å²) in [6.07, 6.45) is 5.25. The SMILES string of the molecule is CCOC(=O)/C=C/C(=O)OCC(=O)N1CCN(c2ncccn2)CC1. The van der Waals surface area contributed by atoms with Crippen molar-refractivity contribution in [2.75, 3.05) is 44.3 Å². The number of aromatic nitrogens is 2. The number of anilines is 1. The fraction of sp³-hybridized carbons (Fsp3) is 0.438. The van der Waals surface area contributed by atoms with Crippen molar-refractivity contribution >= 4 is 23.8 Å². The quantitative estimate of drug-likeness (QED) is 0.514. The van der Waals surface area contributed by atoms with Crippen LogP contribution in [0.3, 0.4) is 0 Å². The molecule has 1 fully saturated rings. The Morgan fingerprint density at radius 3 is 2.24 bits per heavy atom. The first-order chi connectivity index (χ1) is 12.1. The Balaban J connectivity index is 1.72. The van der Waals surface area contributed by atoms with Gasteiger partial charge in [0.05, 0.1) is 6.61 Å². The van der Waals surface area contributed by atoms with E-state index in [1.54, 1.807) is 30.3 Å². The lowest BCUT2D eigenvalue weighted by Gasteiger charge is -2.34. The molecule has 0 unspecified atom stereocenters. The molecule has 0 aliphatic carbocycles. The molecular weight excluding hydrogens is 328 g/mol. The van der Waals surface area contributed by atoms with Gasteiger partial charge in [0.15, 0.2) is 6.61 Å². The molecular formula is C16H20N4O5. The first kappa shape index (κ1) is 18.4. The van der Waals surface area contributed by atoms with E-state index in [2.05, 4.69) is 14.7 Å². The number of hydrogen-bond acceptors (Lipinski definition) is 8. The van der Waals surface area contributed by atoms with E-state index in [0.717, 1.165) is 12.2 Å². The third kappa shape index (κ3) is 5.87. The van der Waals surface area contributed by atoms with Crippen molar-refractivity contribution in [3.05, 3.63) is 30.6 Å². The van der Waals surface area contributed by atoms with Gasteiger partial charge in [0.1, 0.15) is 0 Å². The second-order valence-corrected chi connectivity index (χ2v) is 5.11. The Morgan fingerprint density at radius 1 is 1.04 bits per heavy atom. The molecule has 0 bridgehead atoms. The predicted molar refractivity (Wildman–Crippen MR) is 87.6 cm³/mol. The van der Waals surface area contributed by atoms with Crippen molar-refractivity contribution in [1.82, 2.24) is 14.9 Å². The van der Waals surface area contributed by atoms with Crippen LogP contribution in [0.2, 0.25) is 0 Å². The highest BCUT2D eigenvalue weighted by molar-refractivity contribution is 5.92. The van der Waals surface area contributed by atoms with Crippen LogP contribution in [-0.4, -0.2) is 72.1 Å². The van der Waals surface area contributed by atoms with E-state index in [4.69, 9.17) is 4.74 Å². The molecule has 1 amide bonds. The maximum atomic E-state index is 12.1. The van der Waals surface area contributed by atoms with E-state index < -0.39 is 11.9 Å². The minimum atomic E-state index is -0.766. The molecule has 1 aliphatic rings. The number of carbonyl (C=O) groups excluding carboxylic acids is 3. The smallest absolute Gasteiger partial charge is 0.331 e. The van der Waals surface area contributed by atoms with Crippen molar-refractivity contribution in [1.29, 1.82) is 0 Å². The number of nitrogens with zero attached hydrogens (tertiary/aromatic N) is 4. The molecule has 0 aromatic carbocycles. The Kier molecular flexibility index (Phi) is 6.87.